The van der Waals surface area contributed by atoms with Crippen LogP contribution in [0.3, 0.4) is 0 Å². The van der Waals surface area contributed by atoms with E-state index in [-0.39, 0.29) is 6.04 Å². The predicted molar refractivity (Wildman–Crippen MR) is 72.4 cm³/mol. The van der Waals surface area contributed by atoms with Gasteiger partial charge in [0.15, 0.2) is 0 Å². The molecule has 0 saturated carbocycles. The Morgan fingerprint density at radius 3 is 2.21 bits per heavy atom. The van der Waals surface area contributed by atoms with Crippen molar-refractivity contribution in [3.8, 4) is 0 Å². The fourth-order valence-electron chi connectivity index (χ4n) is 2.00. The summed E-state index contributed by atoms with van der Waals surface area (Å²) in [5.41, 5.74) is 7.34. The number of hydrogen-bond donors (Lipinski definition) is 1. The molecule has 1 aromatic carbocycles. The van der Waals surface area contributed by atoms with E-state index in [1.165, 1.54) is 4.90 Å². The SMILES string of the molecule is CCCN(CC(F)(F)F)c1ccc(CC(C)N)cc1. The Kier molecular flexibility index (Phi) is 5.66. The van der Waals surface area contributed by atoms with Crippen molar-refractivity contribution < 1.29 is 13.2 Å². The highest BCUT2D eigenvalue weighted by Crippen LogP contribution is 2.23. The van der Waals surface area contributed by atoms with Gasteiger partial charge in [0.2, 0.25) is 0 Å². The summed E-state index contributed by atoms with van der Waals surface area (Å²) in [7, 11) is 0. The van der Waals surface area contributed by atoms with Gasteiger partial charge in [-0.2, -0.15) is 13.2 Å². The summed E-state index contributed by atoms with van der Waals surface area (Å²) in [5, 5.41) is 0. The van der Waals surface area contributed by atoms with Crippen LogP contribution in [0.2, 0.25) is 0 Å². The second kappa shape index (κ2) is 6.80. The molecular weight excluding hydrogens is 253 g/mol. The van der Waals surface area contributed by atoms with Crippen LogP contribution in [0.5, 0.6) is 0 Å². The maximum absolute atomic E-state index is 12.5. The lowest BCUT2D eigenvalue weighted by Gasteiger charge is -2.25. The van der Waals surface area contributed by atoms with E-state index in [1.807, 2.05) is 26.0 Å². The van der Waals surface area contributed by atoms with E-state index >= 15 is 0 Å². The van der Waals surface area contributed by atoms with E-state index in [0.717, 1.165) is 12.0 Å². The zero-order chi connectivity index (χ0) is 14.5. The Bertz CT molecular complexity index is 371. The van der Waals surface area contributed by atoms with Gasteiger partial charge in [-0.15, -0.1) is 0 Å². The van der Waals surface area contributed by atoms with Crippen LogP contribution in [-0.4, -0.2) is 25.3 Å². The predicted octanol–water partition coefficient (Wildman–Crippen LogP) is 3.36. The second-order valence-corrected chi connectivity index (χ2v) is 4.88. The van der Waals surface area contributed by atoms with Crippen LogP contribution >= 0.6 is 0 Å². The van der Waals surface area contributed by atoms with Crippen LogP contribution in [0.15, 0.2) is 24.3 Å². The van der Waals surface area contributed by atoms with Gasteiger partial charge in [-0.3, -0.25) is 0 Å². The summed E-state index contributed by atoms with van der Waals surface area (Å²) in [6.07, 6.45) is -2.77. The highest BCUT2D eigenvalue weighted by Gasteiger charge is 2.30. The molecule has 5 heteroatoms. The van der Waals surface area contributed by atoms with E-state index in [2.05, 4.69) is 0 Å². The van der Waals surface area contributed by atoms with Crippen molar-refractivity contribution in [2.75, 3.05) is 18.0 Å². The maximum atomic E-state index is 12.5. The lowest BCUT2D eigenvalue weighted by molar-refractivity contribution is -0.119. The molecule has 0 amide bonds. The molecule has 0 fully saturated rings. The molecule has 0 spiro atoms. The molecule has 0 aliphatic carbocycles. The van der Waals surface area contributed by atoms with E-state index in [4.69, 9.17) is 5.73 Å². The molecule has 1 atom stereocenters. The Hall–Kier alpha value is -1.23. The summed E-state index contributed by atoms with van der Waals surface area (Å²) >= 11 is 0. The molecular formula is C14H21F3N2. The first kappa shape index (κ1) is 15.8. The second-order valence-electron chi connectivity index (χ2n) is 4.88. The molecule has 0 aliphatic rings. The topological polar surface area (TPSA) is 29.3 Å². The van der Waals surface area contributed by atoms with Gasteiger partial charge in [-0.05, 0) is 37.5 Å². The largest absolute Gasteiger partial charge is 0.405 e. The molecule has 108 valence electrons. The molecule has 0 bridgehead atoms. The number of anilines is 1. The lowest BCUT2D eigenvalue weighted by atomic mass is 10.1. The zero-order valence-corrected chi connectivity index (χ0v) is 11.4. The monoisotopic (exact) mass is 274 g/mol. The van der Waals surface area contributed by atoms with Crippen LogP contribution in [0, 0.1) is 0 Å². The summed E-state index contributed by atoms with van der Waals surface area (Å²) in [4.78, 5) is 1.36. The number of halogens is 3. The van der Waals surface area contributed by atoms with E-state index in [1.54, 1.807) is 12.1 Å². The van der Waals surface area contributed by atoms with Crippen molar-refractivity contribution in [2.24, 2.45) is 5.73 Å². The molecule has 1 unspecified atom stereocenters. The number of nitrogens with zero attached hydrogens (tertiary/aromatic N) is 1. The molecule has 0 saturated heterocycles. The molecule has 1 aromatic rings. The number of rotatable bonds is 6. The van der Waals surface area contributed by atoms with Gasteiger partial charge in [-0.25, -0.2) is 0 Å². The fourth-order valence-corrected chi connectivity index (χ4v) is 2.00. The fraction of sp³-hybridized carbons (Fsp3) is 0.571. The summed E-state index contributed by atoms with van der Waals surface area (Å²) in [6.45, 7) is 3.26. The molecule has 0 aliphatic heterocycles. The molecule has 1 rings (SSSR count). The highest BCUT2D eigenvalue weighted by atomic mass is 19.4. The van der Waals surface area contributed by atoms with Gasteiger partial charge >= 0.3 is 6.18 Å². The van der Waals surface area contributed by atoms with Gasteiger partial charge in [0, 0.05) is 18.3 Å². The van der Waals surface area contributed by atoms with Crippen LogP contribution in [0.25, 0.3) is 0 Å². The smallest absolute Gasteiger partial charge is 0.363 e. The number of nitrogens with two attached hydrogens (primary N) is 1. The van der Waals surface area contributed by atoms with Crippen molar-refractivity contribution >= 4 is 5.69 Å². The van der Waals surface area contributed by atoms with Crippen molar-refractivity contribution in [2.45, 2.75) is 38.9 Å². The van der Waals surface area contributed by atoms with Gasteiger partial charge in [0.25, 0.3) is 0 Å². The van der Waals surface area contributed by atoms with E-state index < -0.39 is 12.7 Å². The molecule has 0 radical (unpaired) electrons. The van der Waals surface area contributed by atoms with Gasteiger partial charge in [0.05, 0.1) is 0 Å². The van der Waals surface area contributed by atoms with Crippen molar-refractivity contribution in [1.82, 2.24) is 0 Å². The first-order valence-corrected chi connectivity index (χ1v) is 6.48. The van der Waals surface area contributed by atoms with Gasteiger partial charge in [-0.1, -0.05) is 19.1 Å². The number of alkyl halides is 3. The lowest BCUT2D eigenvalue weighted by Crippen LogP contribution is -2.34. The minimum Gasteiger partial charge on any atom is -0.363 e. The van der Waals surface area contributed by atoms with Crippen LogP contribution < -0.4 is 10.6 Å². The minimum absolute atomic E-state index is 0.0489. The highest BCUT2D eigenvalue weighted by molar-refractivity contribution is 5.48. The van der Waals surface area contributed by atoms with Crippen molar-refractivity contribution in [3.05, 3.63) is 29.8 Å². The zero-order valence-electron chi connectivity index (χ0n) is 11.4. The normalized spacial score (nSPS) is 13.4. The average Bonchev–Trinajstić information content (AvgIpc) is 2.27. The van der Waals surface area contributed by atoms with Crippen LogP contribution in [0.1, 0.15) is 25.8 Å². The Morgan fingerprint density at radius 2 is 1.79 bits per heavy atom. The summed E-state index contributed by atoms with van der Waals surface area (Å²) in [6, 6.07) is 7.21. The molecule has 2 N–H and O–H groups in total. The first-order chi connectivity index (χ1) is 8.81. The molecule has 19 heavy (non-hydrogen) atoms. The molecule has 0 heterocycles. The van der Waals surface area contributed by atoms with Crippen molar-refractivity contribution in [3.63, 3.8) is 0 Å². The summed E-state index contributed by atoms with van der Waals surface area (Å²) < 4.78 is 37.5. The van der Waals surface area contributed by atoms with Crippen LogP contribution in [-0.2, 0) is 6.42 Å². The van der Waals surface area contributed by atoms with E-state index in [0.29, 0.717) is 18.7 Å². The average molecular weight is 274 g/mol. The Labute approximate surface area is 112 Å². The van der Waals surface area contributed by atoms with Gasteiger partial charge in [0.1, 0.15) is 6.54 Å². The third-order valence-corrected chi connectivity index (χ3v) is 2.72. The third-order valence-electron chi connectivity index (χ3n) is 2.72. The molecule has 0 aromatic heterocycles. The van der Waals surface area contributed by atoms with Crippen LogP contribution in [0.4, 0.5) is 18.9 Å². The summed E-state index contributed by atoms with van der Waals surface area (Å²) in [5.74, 6) is 0. The van der Waals surface area contributed by atoms with E-state index in [9.17, 15) is 13.2 Å². The maximum Gasteiger partial charge on any atom is 0.405 e. The first-order valence-electron chi connectivity index (χ1n) is 6.48. The third kappa shape index (κ3) is 5.96. The Morgan fingerprint density at radius 1 is 1.21 bits per heavy atom. The molecule has 2 nitrogen and oxygen atoms in total. The van der Waals surface area contributed by atoms with Crippen molar-refractivity contribution in [1.29, 1.82) is 0 Å². The number of hydrogen-bond acceptors (Lipinski definition) is 2. The number of benzene rings is 1. The standard InChI is InChI=1S/C14H21F3N2/c1-3-8-19(10-14(15,16)17)13-6-4-12(5-7-13)9-11(2)18/h4-7,11H,3,8-10,18H2,1-2H3. The Balaban J connectivity index is 2.79. The minimum atomic E-state index is -4.18. The quantitative estimate of drug-likeness (QED) is 0.862. The van der Waals surface area contributed by atoms with Gasteiger partial charge < -0.3 is 10.6 Å².